The highest BCUT2D eigenvalue weighted by atomic mass is 19.1. The van der Waals surface area contributed by atoms with Gasteiger partial charge in [-0.05, 0) is 38.3 Å². The maximum Gasteiger partial charge on any atom is 0.129 e. The van der Waals surface area contributed by atoms with Crippen molar-refractivity contribution in [1.29, 1.82) is 0 Å². The van der Waals surface area contributed by atoms with Gasteiger partial charge in [0.2, 0.25) is 0 Å². The zero-order valence-electron chi connectivity index (χ0n) is 10.8. The van der Waals surface area contributed by atoms with Crippen LogP contribution in [0.25, 0.3) is 0 Å². The summed E-state index contributed by atoms with van der Waals surface area (Å²) in [5, 5.41) is 10.1. The van der Waals surface area contributed by atoms with Crippen molar-refractivity contribution >= 4 is 5.69 Å². The highest BCUT2D eigenvalue weighted by Crippen LogP contribution is 2.28. The van der Waals surface area contributed by atoms with Gasteiger partial charge in [0.25, 0.3) is 0 Å². The normalized spacial score (nSPS) is 25.0. The molecule has 100 valence electrons. The van der Waals surface area contributed by atoms with Crippen molar-refractivity contribution in [3.63, 3.8) is 0 Å². The van der Waals surface area contributed by atoms with E-state index >= 15 is 0 Å². The van der Waals surface area contributed by atoms with E-state index in [1.54, 1.807) is 6.07 Å². The molecule has 0 saturated carbocycles. The fraction of sp³-hybridized carbons (Fsp3) is 0.571. The first-order valence-electron chi connectivity index (χ1n) is 6.48. The lowest BCUT2D eigenvalue weighted by Crippen LogP contribution is -2.29. The maximum absolute atomic E-state index is 13.7. The van der Waals surface area contributed by atoms with Crippen LogP contribution in [-0.4, -0.2) is 23.8 Å². The predicted molar refractivity (Wildman–Crippen MR) is 71.0 cm³/mol. The summed E-state index contributed by atoms with van der Waals surface area (Å²) in [4.78, 5) is 2.13. The van der Waals surface area contributed by atoms with E-state index < -0.39 is 5.60 Å². The van der Waals surface area contributed by atoms with Crippen molar-refractivity contribution in [2.75, 3.05) is 18.0 Å². The molecule has 0 radical (unpaired) electrons. The lowest BCUT2D eigenvalue weighted by molar-refractivity contribution is 0.0481. The molecule has 0 bridgehead atoms. The quantitative estimate of drug-likeness (QED) is 0.846. The largest absolute Gasteiger partial charge is 0.390 e. The number of rotatable bonds is 2. The third kappa shape index (κ3) is 2.82. The molecule has 3 N–H and O–H groups in total. The molecule has 0 amide bonds. The molecule has 18 heavy (non-hydrogen) atoms. The number of anilines is 1. The van der Waals surface area contributed by atoms with E-state index in [0.717, 1.165) is 31.6 Å². The molecule has 1 fully saturated rings. The molecule has 0 aromatic heterocycles. The Kier molecular flexibility index (Phi) is 3.88. The Hall–Kier alpha value is -1.13. The van der Waals surface area contributed by atoms with Gasteiger partial charge >= 0.3 is 0 Å². The van der Waals surface area contributed by atoms with E-state index in [4.69, 9.17) is 5.73 Å². The maximum atomic E-state index is 13.7. The van der Waals surface area contributed by atoms with Gasteiger partial charge in [-0.1, -0.05) is 6.07 Å². The van der Waals surface area contributed by atoms with E-state index in [0.29, 0.717) is 12.0 Å². The smallest absolute Gasteiger partial charge is 0.129 e. The Morgan fingerprint density at radius 2 is 2.17 bits per heavy atom. The monoisotopic (exact) mass is 252 g/mol. The topological polar surface area (TPSA) is 49.5 Å². The molecule has 1 aliphatic rings. The molecule has 1 unspecified atom stereocenters. The van der Waals surface area contributed by atoms with E-state index in [9.17, 15) is 9.50 Å². The molecule has 3 nitrogen and oxygen atoms in total. The fourth-order valence-corrected chi connectivity index (χ4v) is 2.55. The molecule has 0 spiro atoms. The fourth-order valence-electron chi connectivity index (χ4n) is 2.55. The Morgan fingerprint density at radius 3 is 2.89 bits per heavy atom. The molecule has 1 saturated heterocycles. The number of hydrogen-bond acceptors (Lipinski definition) is 3. The van der Waals surface area contributed by atoms with Crippen LogP contribution in [0.5, 0.6) is 0 Å². The van der Waals surface area contributed by atoms with Crippen LogP contribution in [-0.2, 0) is 6.54 Å². The van der Waals surface area contributed by atoms with E-state index in [2.05, 4.69) is 4.90 Å². The zero-order chi connectivity index (χ0) is 13.2. The van der Waals surface area contributed by atoms with Crippen LogP contribution in [0.2, 0.25) is 0 Å². The first-order valence-corrected chi connectivity index (χ1v) is 6.48. The summed E-state index contributed by atoms with van der Waals surface area (Å²) < 4.78 is 13.7. The third-order valence-electron chi connectivity index (χ3n) is 3.70. The second kappa shape index (κ2) is 5.24. The first-order chi connectivity index (χ1) is 8.53. The molecule has 1 aromatic rings. The lowest BCUT2D eigenvalue weighted by atomic mass is 9.98. The number of benzene rings is 1. The Morgan fingerprint density at radius 1 is 1.39 bits per heavy atom. The lowest BCUT2D eigenvalue weighted by Gasteiger charge is -2.26. The summed E-state index contributed by atoms with van der Waals surface area (Å²) in [6, 6.07) is 5.07. The van der Waals surface area contributed by atoms with Crippen LogP contribution in [0.3, 0.4) is 0 Å². The summed E-state index contributed by atoms with van der Waals surface area (Å²) >= 11 is 0. The summed E-state index contributed by atoms with van der Waals surface area (Å²) in [5.41, 5.74) is 6.47. The molecule has 1 heterocycles. The molecule has 4 heteroatoms. The van der Waals surface area contributed by atoms with Crippen LogP contribution in [0.1, 0.15) is 31.7 Å². The van der Waals surface area contributed by atoms with Gasteiger partial charge < -0.3 is 15.7 Å². The van der Waals surface area contributed by atoms with E-state index in [1.807, 2.05) is 13.0 Å². The van der Waals surface area contributed by atoms with Gasteiger partial charge in [0.15, 0.2) is 0 Å². The van der Waals surface area contributed by atoms with Gasteiger partial charge in [0.1, 0.15) is 5.82 Å². The van der Waals surface area contributed by atoms with Gasteiger partial charge in [-0.2, -0.15) is 0 Å². The summed E-state index contributed by atoms with van der Waals surface area (Å²) in [7, 11) is 0. The van der Waals surface area contributed by atoms with Gasteiger partial charge in [-0.15, -0.1) is 0 Å². The Balaban J connectivity index is 2.24. The molecular formula is C14H21FN2O. The van der Waals surface area contributed by atoms with Crippen molar-refractivity contribution in [3.8, 4) is 0 Å². The van der Waals surface area contributed by atoms with Crippen LogP contribution < -0.4 is 10.6 Å². The van der Waals surface area contributed by atoms with E-state index in [1.165, 1.54) is 6.07 Å². The van der Waals surface area contributed by atoms with Crippen LogP contribution in [0.4, 0.5) is 10.1 Å². The minimum absolute atomic E-state index is 0.203. The van der Waals surface area contributed by atoms with Crippen molar-refractivity contribution in [2.24, 2.45) is 5.73 Å². The second-order valence-corrected chi connectivity index (χ2v) is 5.28. The summed E-state index contributed by atoms with van der Waals surface area (Å²) in [6.45, 7) is 3.65. The van der Waals surface area contributed by atoms with Gasteiger partial charge in [-0.25, -0.2) is 4.39 Å². The standard InChI is InChI=1S/C14H21FN2O/c1-14(18)6-3-8-17(9-7-14)13-5-2-4-12(15)11(13)10-16/h2,4-5,18H,3,6-10,16H2,1H3. The van der Waals surface area contributed by atoms with Crippen molar-refractivity contribution < 1.29 is 9.50 Å². The summed E-state index contributed by atoms with van der Waals surface area (Å²) in [5.74, 6) is -0.244. The van der Waals surface area contributed by atoms with Crippen molar-refractivity contribution in [2.45, 2.75) is 38.3 Å². The number of hydrogen-bond donors (Lipinski definition) is 2. The predicted octanol–water partition coefficient (Wildman–Crippen LogP) is 2.03. The molecule has 2 rings (SSSR count). The van der Waals surface area contributed by atoms with Gasteiger partial charge in [0, 0.05) is 30.9 Å². The molecule has 1 aromatic carbocycles. The molecular weight excluding hydrogens is 231 g/mol. The van der Waals surface area contributed by atoms with E-state index in [-0.39, 0.29) is 12.4 Å². The number of aliphatic hydroxyl groups is 1. The first kappa shape index (κ1) is 13.3. The van der Waals surface area contributed by atoms with Crippen LogP contribution >= 0.6 is 0 Å². The SMILES string of the molecule is CC1(O)CCCN(c2cccc(F)c2CN)CC1. The number of halogens is 1. The summed E-state index contributed by atoms with van der Waals surface area (Å²) in [6.07, 6.45) is 2.40. The highest BCUT2D eigenvalue weighted by Gasteiger charge is 2.26. The average Bonchev–Trinajstić information content (AvgIpc) is 2.50. The minimum Gasteiger partial charge on any atom is -0.390 e. The second-order valence-electron chi connectivity index (χ2n) is 5.28. The third-order valence-corrected chi connectivity index (χ3v) is 3.70. The zero-order valence-corrected chi connectivity index (χ0v) is 10.8. The number of nitrogens with two attached hydrogens (primary N) is 1. The van der Waals surface area contributed by atoms with Crippen molar-refractivity contribution in [3.05, 3.63) is 29.6 Å². The van der Waals surface area contributed by atoms with Gasteiger partial charge in [-0.3, -0.25) is 0 Å². The Labute approximate surface area is 107 Å². The van der Waals surface area contributed by atoms with Crippen LogP contribution in [0.15, 0.2) is 18.2 Å². The Bertz CT molecular complexity index is 420. The van der Waals surface area contributed by atoms with Crippen molar-refractivity contribution in [1.82, 2.24) is 0 Å². The minimum atomic E-state index is -0.606. The number of nitrogens with zero attached hydrogens (tertiary/aromatic N) is 1. The molecule has 0 aliphatic carbocycles. The average molecular weight is 252 g/mol. The van der Waals surface area contributed by atoms with Gasteiger partial charge in [0.05, 0.1) is 5.60 Å². The molecule has 1 atom stereocenters. The van der Waals surface area contributed by atoms with Crippen LogP contribution in [0, 0.1) is 5.82 Å². The molecule has 1 aliphatic heterocycles. The highest BCUT2D eigenvalue weighted by molar-refractivity contribution is 5.54.